The number of aromatic nitrogens is 3. The summed E-state index contributed by atoms with van der Waals surface area (Å²) in [5, 5.41) is 5.71. The minimum absolute atomic E-state index is 0.182. The van der Waals surface area contributed by atoms with Gasteiger partial charge in [-0.25, -0.2) is 4.98 Å². The summed E-state index contributed by atoms with van der Waals surface area (Å²) in [6, 6.07) is 1.75. The van der Waals surface area contributed by atoms with Gasteiger partial charge in [0.25, 0.3) is 5.91 Å². The van der Waals surface area contributed by atoms with Crippen molar-refractivity contribution in [1.29, 1.82) is 0 Å². The first-order valence-corrected chi connectivity index (χ1v) is 5.19. The van der Waals surface area contributed by atoms with E-state index in [1.807, 2.05) is 0 Å². The van der Waals surface area contributed by atoms with Gasteiger partial charge in [-0.1, -0.05) is 0 Å². The van der Waals surface area contributed by atoms with Gasteiger partial charge in [0.15, 0.2) is 0 Å². The van der Waals surface area contributed by atoms with Crippen LogP contribution in [0.4, 0.5) is 5.69 Å². The molecule has 0 bridgehead atoms. The fourth-order valence-corrected chi connectivity index (χ4v) is 1.45. The van der Waals surface area contributed by atoms with Gasteiger partial charge in [-0.15, -0.1) is 0 Å². The molecular formula is C11H13N5O. The topological polar surface area (TPSA) is 82.7 Å². The molecule has 2 rings (SSSR count). The second-order valence-corrected chi connectivity index (χ2v) is 3.39. The number of amides is 1. The molecule has 0 unspecified atom stereocenters. The van der Waals surface area contributed by atoms with Gasteiger partial charge in [-0.3, -0.25) is 9.78 Å². The van der Waals surface area contributed by atoms with Crippen molar-refractivity contribution in [3.05, 3.63) is 42.2 Å². The summed E-state index contributed by atoms with van der Waals surface area (Å²) in [6.45, 7) is 0.365. The molecule has 0 aliphatic heterocycles. The van der Waals surface area contributed by atoms with Gasteiger partial charge in [0.2, 0.25) is 0 Å². The summed E-state index contributed by atoms with van der Waals surface area (Å²) in [6.07, 6.45) is 6.52. The Kier molecular flexibility index (Phi) is 3.34. The number of nitrogens with zero attached hydrogens (tertiary/aromatic N) is 2. The van der Waals surface area contributed by atoms with Crippen LogP contribution in [0.15, 0.2) is 30.9 Å². The second-order valence-electron chi connectivity index (χ2n) is 3.39. The van der Waals surface area contributed by atoms with Crippen molar-refractivity contribution in [2.75, 3.05) is 12.4 Å². The third-order valence-electron chi connectivity index (χ3n) is 2.31. The molecule has 0 saturated carbocycles. The molecule has 2 aromatic heterocycles. The van der Waals surface area contributed by atoms with Crippen LogP contribution in [0.1, 0.15) is 16.2 Å². The molecule has 0 spiro atoms. The van der Waals surface area contributed by atoms with Crippen molar-refractivity contribution in [3.8, 4) is 0 Å². The zero-order valence-corrected chi connectivity index (χ0v) is 9.40. The van der Waals surface area contributed by atoms with Gasteiger partial charge in [-0.05, 0) is 6.07 Å². The van der Waals surface area contributed by atoms with Crippen LogP contribution < -0.4 is 10.6 Å². The van der Waals surface area contributed by atoms with Crippen LogP contribution >= 0.6 is 0 Å². The van der Waals surface area contributed by atoms with Crippen LogP contribution in [-0.4, -0.2) is 27.9 Å². The summed E-state index contributed by atoms with van der Waals surface area (Å²) < 4.78 is 0. The molecule has 2 aromatic rings. The Bertz CT molecular complexity index is 494. The first kappa shape index (κ1) is 11.1. The van der Waals surface area contributed by atoms with Crippen LogP contribution in [0.25, 0.3) is 0 Å². The lowest BCUT2D eigenvalue weighted by Gasteiger charge is -2.07. The molecule has 0 aliphatic carbocycles. The van der Waals surface area contributed by atoms with E-state index in [1.54, 1.807) is 31.7 Å². The van der Waals surface area contributed by atoms with Crippen LogP contribution in [0.2, 0.25) is 0 Å². The number of hydrogen-bond donors (Lipinski definition) is 3. The summed E-state index contributed by atoms with van der Waals surface area (Å²) in [5.74, 6) is 0.534. The molecule has 0 saturated heterocycles. The summed E-state index contributed by atoms with van der Waals surface area (Å²) in [5.41, 5.74) is 1.26. The maximum absolute atomic E-state index is 11.9. The Morgan fingerprint density at radius 2 is 2.35 bits per heavy atom. The highest BCUT2D eigenvalue weighted by Crippen LogP contribution is 2.12. The van der Waals surface area contributed by atoms with E-state index in [4.69, 9.17) is 0 Å². The quantitative estimate of drug-likeness (QED) is 0.726. The van der Waals surface area contributed by atoms with Crippen LogP contribution in [0.5, 0.6) is 0 Å². The SMILES string of the molecule is CNc1ccncc1C(=O)NCc1ncc[nH]1. The fourth-order valence-electron chi connectivity index (χ4n) is 1.45. The molecule has 17 heavy (non-hydrogen) atoms. The maximum Gasteiger partial charge on any atom is 0.255 e. The number of carbonyl (C=O) groups excluding carboxylic acids is 1. The number of imidazole rings is 1. The van der Waals surface area contributed by atoms with E-state index in [0.717, 1.165) is 5.69 Å². The minimum Gasteiger partial charge on any atom is -0.387 e. The number of aromatic amines is 1. The Morgan fingerprint density at radius 1 is 1.47 bits per heavy atom. The standard InChI is InChI=1S/C11H13N5O/c1-12-9-2-3-13-6-8(9)11(17)16-7-10-14-4-5-15-10/h2-6H,7H2,1H3,(H,12,13)(H,14,15)(H,16,17). The van der Waals surface area contributed by atoms with Crippen LogP contribution in [0.3, 0.4) is 0 Å². The highest BCUT2D eigenvalue weighted by atomic mass is 16.1. The Morgan fingerprint density at radius 3 is 3.06 bits per heavy atom. The Labute approximate surface area is 98.5 Å². The van der Waals surface area contributed by atoms with Crippen molar-refractivity contribution in [1.82, 2.24) is 20.3 Å². The molecule has 0 aliphatic rings. The second kappa shape index (κ2) is 5.11. The lowest BCUT2D eigenvalue weighted by molar-refractivity contribution is 0.0950. The van der Waals surface area contributed by atoms with Crippen LogP contribution in [-0.2, 0) is 6.54 Å². The van der Waals surface area contributed by atoms with Crippen molar-refractivity contribution >= 4 is 11.6 Å². The van der Waals surface area contributed by atoms with Crippen molar-refractivity contribution in [2.45, 2.75) is 6.54 Å². The van der Waals surface area contributed by atoms with Gasteiger partial charge in [0, 0.05) is 37.5 Å². The predicted octanol–water partition coefficient (Wildman–Crippen LogP) is 0.776. The summed E-state index contributed by atoms with van der Waals surface area (Å²) in [4.78, 5) is 22.8. The molecule has 0 radical (unpaired) electrons. The highest BCUT2D eigenvalue weighted by molar-refractivity contribution is 5.99. The average molecular weight is 231 g/mol. The number of rotatable bonds is 4. The third kappa shape index (κ3) is 2.60. The van der Waals surface area contributed by atoms with Gasteiger partial charge in [0.05, 0.1) is 12.1 Å². The molecule has 88 valence electrons. The molecule has 0 aromatic carbocycles. The van der Waals surface area contributed by atoms with Crippen molar-refractivity contribution in [3.63, 3.8) is 0 Å². The molecule has 0 fully saturated rings. The van der Waals surface area contributed by atoms with Gasteiger partial charge in [0.1, 0.15) is 5.82 Å². The van der Waals surface area contributed by atoms with Gasteiger partial charge < -0.3 is 15.6 Å². The van der Waals surface area contributed by atoms with Crippen molar-refractivity contribution in [2.24, 2.45) is 0 Å². The molecule has 0 atom stereocenters. The Balaban J connectivity index is 2.04. The number of anilines is 1. The lowest BCUT2D eigenvalue weighted by Crippen LogP contribution is -2.24. The first-order valence-electron chi connectivity index (χ1n) is 5.19. The third-order valence-corrected chi connectivity index (χ3v) is 2.31. The molecule has 6 nitrogen and oxygen atoms in total. The average Bonchev–Trinajstić information content (AvgIpc) is 2.89. The number of H-pyrrole nitrogens is 1. The zero-order valence-electron chi connectivity index (χ0n) is 9.40. The largest absolute Gasteiger partial charge is 0.387 e. The molecular weight excluding hydrogens is 218 g/mol. The van der Waals surface area contributed by atoms with Crippen molar-refractivity contribution < 1.29 is 4.79 Å². The van der Waals surface area contributed by atoms with E-state index >= 15 is 0 Å². The zero-order chi connectivity index (χ0) is 12.1. The molecule has 6 heteroatoms. The first-order chi connectivity index (χ1) is 8.31. The fraction of sp³-hybridized carbons (Fsp3) is 0.182. The lowest BCUT2D eigenvalue weighted by atomic mass is 10.2. The van der Waals surface area contributed by atoms with E-state index in [2.05, 4.69) is 25.6 Å². The van der Waals surface area contributed by atoms with E-state index < -0.39 is 0 Å². The predicted molar refractivity (Wildman–Crippen MR) is 63.5 cm³/mol. The molecule has 3 N–H and O–H groups in total. The number of pyridine rings is 1. The normalized spacial score (nSPS) is 9.94. The monoisotopic (exact) mass is 231 g/mol. The maximum atomic E-state index is 11.9. The minimum atomic E-state index is -0.182. The molecule has 1 amide bonds. The van der Waals surface area contributed by atoms with Gasteiger partial charge in [-0.2, -0.15) is 0 Å². The Hall–Kier alpha value is -2.37. The number of hydrogen-bond acceptors (Lipinski definition) is 4. The number of carbonyl (C=O) groups is 1. The number of nitrogens with one attached hydrogen (secondary N) is 3. The van der Waals surface area contributed by atoms with Gasteiger partial charge >= 0.3 is 0 Å². The summed E-state index contributed by atoms with van der Waals surface area (Å²) >= 11 is 0. The smallest absolute Gasteiger partial charge is 0.255 e. The molecule has 2 heterocycles. The van der Waals surface area contributed by atoms with E-state index in [1.165, 1.54) is 6.20 Å². The van der Waals surface area contributed by atoms with E-state index in [9.17, 15) is 4.79 Å². The van der Waals surface area contributed by atoms with E-state index in [-0.39, 0.29) is 5.91 Å². The van der Waals surface area contributed by atoms with Crippen LogP contribution in [0, 0.1) is 0 Å². The highest BCUT2D eigenvalue weighted by Gasteiger charge is 2.10. The summed E-state index contributed by atoms with van der Waals surface area (Å²) in [7, 11) is 1.76. The van der Waals surface area contributed by atoms with E-state index in [0.29, 0.717) is 17.9 Å².